The fourth-order valence-corrected chi connectivity index (χ4v) is 3.52. The van der Waals surface area contributed by atoms with Crippen molar-refractivity contribution in [2.75, 3.05) is 33.3 Å². The first-order valence-electron chi connectivity index (χ1n) is 8.29. The number of rotatable bonds is 6. The summed E-state index contributed by atoms with van der Waals surface area (Å²) < 4.78 is 5.67. The Balaban J connectivity index is 0.00000192. The zero-order valence-electron chi connectivity index (χ0n) is 13.8. The average Bonchev–Trinajstić information content (AvgIpc) is 3.25. The van der Waals surface area contributed by atoms with Crippen molar-refractivity contribution in [2.45, 2.75) is 25.9 Å². The lowest BCUT2D eigenvalue weighted by Crippen LogP contribution is -2.36. The van der Waals surface area contributed by atoms with Gasteiger partial charge in [-0.3, -0.25) is 4.79 Å². The Morgan fingerprint density at radius 1 is 1.30 bits per heavy atom. The van der Waals surface area contributed by atoms with Gasteiger partial charge in [-0.05, 0) is 43.3 Å². The highest BCUT2D eigenvalue weighted by Gasteiger charge is 2.58. The first-order chi connectivity index (χ1) is 10.7. The number of nitrogens with zero attached hydrogens (tertiary/aromatic N) is 1. The molecule has 0 aromatic heterocycles. The number of carbonyl (C=O) groups excluding carboxylic acids is 1. The molecule has 2 aliphatic rings. The van der Waals surface area contributed by atoms with E-state index < -0.39 is 0 Å². The summed E-state index contributed by atoms with van der Waals surface area (Å²) >= 11 is 0. The van der Waals surface area contributed by atoms with E-state index in [0.29, 0.717) is 31.1 Å². The number of hydrogen-bond donors (Lipinski definition) is 1. The molecular formula is C18H27ClN2O2. The van der Waals surface area contributed by atoms with Gasteiger partial charge in [0.1, 0.15) is 0 Å². The van der Waals surface area contributed by atoms with Gasteiger partial charge >= 0.3 is 0 Å². The summed E-state index contributed by atoms with van der Waals surface area (Å²) in [6, 6.07) is 10.1. The van der Waals surface area contributed by atoms with Crippen molar-refractivity contribution >= 4 is 18.3 Å². The van der Waals surface area contributed by atoms with Crippen molar-refractivity contribution in [1.82, 2.24) is 10.2 Å². The SMILES string of the molecule is CN(CCOCc1ccccc1)C(=O)C1CC12CCNCC2.Cl. The second-order valence-electron chi connectivity index (χ2n) is 6.67. The smallest absolute Gasteiger partial charge is 0.226 e. The number of nitrogens with one attached hydrogen (secondary N) is 1. The molecule has 1 aromatic rings. The Morgan fingerprint density at radius 3 is 2.70 bits per heavy atom. The van der Waals surface area contributed by atoms with Crippen molar-refractivity contribution in [2.24, 2.45) is 11.3 Å². The minimum absolute atomic E-state index is 0. The molecule has 1 unspecified atom stereocenters. The molecule has 1 N–H and O–H groups in total. The molecule has 23 heavy (non-hydrogen) atoms. The van der Waals surface area contributed by atoms with E-state index in [-0.39, 0.29) is 18.3 Å². The van der Waals surface area contributed by atoms with Crippen LogP contribution in [0.4, 0.5) is 0 Å². The normalized spacial score (nSPS) is 21.5. The molecule has 1 aromatic carbocycles. The Kier molecular flexibility index (Phi) is 6.45. The van der Waals surface area contributed by atoms with Crippen molar-refractivity contribution in [3.63, 3.8) is 0 Å². The highest BCUT2D eigenvalue weighted by Crippen LogP contribution is 2.59. The summed E-state index contributed by atoms with van der Waals surface area (Å²) in [5, 5.41) is 3.38. The van der Waals surface area contributed by atoms with E-state index in [1.807, 2.05) is 30.1 Å². The van der Waals surface area contributed by atoms with Crippen LogP contribution in [0.5, 0.6) is 0 Å². The van der Waals surface area contributed by atoms with Crippen molar-refractivity contribution in [1.29, 1.82) is 0 Å². The number of carbonyl (C=O) groups is 1. The molecule has 1 saturated carbocycles. The second-order valence-corrected chi connectivity index (χ2v) is 6.67. The van der Waals surface area contributed by atoms with Gasteiger partial charge in [0.05, 0.1) is 13.2 Å². The highest BCUT2D eigenvalue weighted by atomic mass is 35.5. The zero-order valence-corrected chi connectivity index (χ0v) is 14.6. The monoisotopic (exact) mass is 338 g/mol. The minimum Gasteiger partial charge on any atom is -0.375 e. The average molecular weight is 339 g/mol. The molecule has 1 amide bonds. The van der Waals surface area contributed by atoms with Gasteiger partial charge in [-0.25, -0.2) is 0 Å². The van der Waals surface area contributed by atoms with Crippen molar-refractivity contribution in [3.8, 4) is 0 Å². The fraction of sp³-hybridized carbons (Fsp3) is 0.611. The van der Waals surface area contributed by atoms with Crippen molar-refractivity contribution < 1.29 is 9.53 Å². The predicted molar refractivity (Wildman–Crippen MR) is 93.6 cm³/mol. The standard InChI is InChI=1S/C18H26N2O2.ClH/c1-20(11-12-22-14-15-5-3-2-4-6-15)17(21)16-13-18(16)7-9-19-10-8-18;/h2-6,16,19H,7-14H2,1H3;1H. The van der Waals surface area contributed by atoms with Gasteiger partial charge < -0.3 is 15.0 Å². The predicted octanol–water partition coefficient (Wildman–Crippen LogP) is 2.47. The summed E-state index contributed by atoms with van der Waals surface area (Å²) in [5.41, 5.74) is 1.49. The lowest BCUT2D eigenvalue weighted by molar-refractivity contribution is -0.133. The third-order valence-corrected chi connectivity index (χ3v) is 5.15. The number of likely N-dealkylation sites (N-methyl/N-ethyl adjacent to an activating group) is 1. The molecule has 4 nitrogen and oxygen atoms in total. The van der Waals surface area contributed by atoms with E-state index in [4.69, 9.17) is 4.74 Å². The third kappa shape index (κ3) is 4.46. The summed E-state index contributed by atoms with van der Waals surface area (Å²) in [4.78, 5) is 14.3. The van der Waals surface area contributed by atoms with E-state index in [1.54, 1.807) is 0 Å². The van der Waals surface area contributed by atoms with E-state index in [1.165, 1.54) is 5.56 Å². The van der Waals surface area contributed by atoms with Crippen molar-refractivity contribution in [3.05, 3.63) is 35.9 Å². The van der Waals surface area contributed by atoms with Crippen LogP contribution in [0.25, 0.3) is 0 Å². The van der Waals surface area contributed by atoms with E-state index in [2.05, 4.69) is 17.4 Å². The molecule has 1 aliphatic heterocycles. The fourth-order valence-electron chi connectivity index (χ4n) is 3.52. The van der Waals surface area contributed by atoms with Crippen LogP contribution in [0.1, 0.15) is 24.8 Å². The van der Waals surface area contributed by atoms with Crippen LogP contribution in [0.15, 0.2) is 30.3 Å². The molecular weight excluding hydrogens is 312 g/mol. The maximum absolute atomic E-state index is 12.5. The van der Waals surface area contributed by atoms with Gasteiger partial charge in [0, 0.05) is 19.5 Å². The topological polar surface area (TPSA) is 41.6 Å². The summed E-state index contributed by atoms with van der Waals surface area (Å²) in [6.07, 6.45) is 3.40. The van der Waals surface area contributed by atoms with Gasteiger partial charge in [0.15, 0.2) is 0 Å². The first kappa shape index (κ1) is 18.2. The Bertz CT molecular complexity index is 503. The molecule has 1 spiro atoms. The van der Waals surface area contributed by atoms with E-state index in [0.717, 1.165) is 32.4 Å². The number of halogens is 1. The maximum Gasteiger partial charge on any atom is 0.226 e. The summed E-state index contributed by atoms with van der Waals surface area (Å²) in [5.74, 6) is 0.568. The molecule has 1 atom stereocenters. The van der Waals surface area contributed by atoms with Crippen LogP contribution in [-0.2, 0) is 16.1 Å². The third-order valence-electron chi connectivity index (χ3n) is 5.15. The van der Waals surface area contributed by atoms with Crippen LogP contribution in [0, 0.1) is 11.3 Å². The summed E-state index contributed by atoms with van der Waals surface area (Å²) in [6.45, 7) is 4.01. The van der Waals surface area contributed by atoms with E-state index >= 15 is 0 Å². The quantitative estimate of drug-likeness (QED) is 0.810. The molecule has 128 valence electrons. The number of benzene rings is 1. The second kappa shape index (κ2) is 8.13. The lowest BCUT2D eigenvalue weighted by Gasteiger charge is -2.25. The van der Waals surface area contributed by atoms with E-state index in [9.17, 15) is 4.79 Å². The van der Waals surface area contributed by atoms with Gasteiger partial charge in [-0.1, -0.05) is 30.3 Å². The van der Waals surface area contributed by atoms with Crippen LogP contribution >= 0.6 is 12.4 Å². The van der Waals surface area contributed by atoms with Crippen LogP contribution in [0.3, 0.4) is 0 Å². The number of amides is 1. The molecule has 5 heteroatoms. The molecule has 1 heterocycles. The highest BCUT2D eigenvalue weighted by molar-refractivity contribution is 5.85. The Hall–Kier alpha value is -1.10. The summed E-state index contributed by atoms with van der Waals surface area (Å²) in [7, 11) is 1.90. The van der Waals surface area contributed by atoms with Crippen LogP contribution < -0.4 is 5.32 Å². The van der Waals surface area contributed by atoms with Crippen LogP contribution in [0.2, 0.25) is 0 Å². The molecule has 3 rings (SSSR count). The molecule has 0 radical (unpaired) electrons. The Morgan fingerprint density at radius 2 is 2.00 bits per heavy atom. The largest absolute Gasteiger partial charge is 0.375 e. The molecule has 1 aliphatic carbocycles. The van der Waals surface area contributed by atoms with Crippen LogP contribution in [-0.4, -0.2) is 44.1 Å². The molecule has 1 saturated heterocycles. The zero-order chi connectivity index (χ0) is 15.4. The van der Waals surface area contributed by atoms with Gasteiger partial charge in [-0.15, -0.1) is 12.4 Å². The van der Waals surface area contributed by atoms with Gasteiger partial charge in [0.2, 0.25) is 5.91 Å². The molecule has 0 bridgehead atoms. The number of piperidine rings is 1. The lowest BCUT2D eigenvalue weighted by atomic mass is 9.91. The number of ether oxygens (including phenoxy) is 1. The molecule has 2 fully saturated rings. The maximum atomic E-state index is 12.5. The first-order valence-corrected chi connectivity index (χ1v) is 8.29. The minimum atomic E-state index is 0. The van der Waals surface area contributed by atoms with Gasteiger partial charge in [-0.2, -0.15) is 0 Å². The Labute approximate surface area is 145 Å². The number of hydrogen-bond acceptors (Lipinski definition) is 3. The van der Waals surface area contributed by atoms with Gasteiger partial charge in [0.25, 0.3) is 0 Å².